The average molecular weight is 321 g/mol. The molecule has 23 heavy (non-hydrogen) atoms. The number of hydrogen-bond donors (Lipinski definition) is 3. The Hall–Kier alpha value is -3.70. The fraction of sp³-hybridized carbons (Fsp3) is 0.0909. The first-order valence-electron chi connectivity index (χ1n) is 6.05. The second-order valence-electron chi connectivity index (χ2n) is 4.10. The third kappa shape index (κ3) is 4.13. The first kappa shape index (κ1) is 15.7. The molecule has 0 bridgehead atoms. The number of nitro groups is 1. The zero-order valence-corrected chi connectivity index (χ0v) is 11.5. The predicted molar refractivity (Wildman–Crippen MR) is 77.1 cm³/mol. The zero-order valence-electron chi connectivity index (χ0n) is 11.5. The fourth-order valence-electron chi connectivity index (χ4n) is 1.47. The normalized spacial score (nSPS) is 11.0. The van der Waals surface area contributed by atoms with Crippen molar-refractivity contribution in [3.05, 3.63) is 40.1 Å². The molecule has 1 aromatic heterocycles. The molecule has 0 saturated carbocycles. The van der Waals surface area contributed by atoms with Crippen molar-refractivity contribution >= 4 is 28.9 Å². The topological polar surface area (TPSA) is 185 Å². The summed E-state index contributed by atoms with van der Waals surface area (Å²) in [6.07, 6.45) is 0. The molecular weight excluding hydrogens is 310 g/mol. The van der Waals surface area contributed by atoms with Crippen molar-refractivity contribution in [1.29, 1.82) is 0 Å². The van der Waals surface area contributed by atoms with Gasteiger partial charge in [-0.1, -0.05) is 11.2 Å². The van der Waals surface area contributed by atoms with Crippen molar-refractivity contribution in [3.8, 4) is 0 Å². The molecule has 0 aliphatic heterocycles. The van der Waals surface area contributed by atoms with Crippen LogP contribution in [0, 0.1) is 10.1 Å². The summed E-state index contributed by atoms with van der Waals surface area (Å²) in [4.78, 5) is 26.4. The Labute approximate surface area is 128 Å². The molecule has 12 heteroatoms. The Kier molecular flexibility index (Phi) is 4.66. The number of rotatable bonds is 6. The highest BCUT2D eigenvalue weighted by Gasteiger charge is 2.12. The number of nitrogen functional groups attached to an aromatic ring is 1. The Morgan fingerprint density at radius 1 is 1.48 bits per heavy atom. The fourth-order valence-corrected chi connectivity index (χ4v) is 1.47. The van der Waals surface area contributed by atoms with E-state index in [1.54, 1.807) is 0 Å². The highest BCUT2D eigenvalue weighted by atomic mass is 16.6. The number of amides is 1. The van der Waals surface area contributed by atoms with Crippen LogP contribution in [0.5, 0.6) is 0 Å². The lowest BCUT2D eigenvalue weighted by molar-refractivity contribution is -0.384. The maximum Gasteiger partial charge on any atom is 0.271 e. The monoisotopic (exact) mass is 321 g/mol. The molecule has 0 radical (unpaired) electrons. The number of aromatic nitrogens is 2. The second kappa shape index (κ2) is 6.84. The van der Waals surface area contributed by atoms with E-state index in [9.17, 15) is 14.9 Å². The van der Waals surface area contributed by atoms with E-state index in [4.69, 9.17) is 16.3 Å². The standard InChI is InChI=1S/C11H11N7O5/c12-10(9-11(13)17-23-15-9)16-22-5-8(19)14-6-2-1-3-7(4-6)18(20)21/h1-4H,5H2,(H2,12,16)(H2,13,17)(H,14,19). The molecule has 0 aliphatic carbocycles. The Balaban J connectivity index is 1.89. The summed E-state index contributed by atoms with van der Waals surface area (Å²) in [6, 6.07) is 5.43. The summed E-state index contributed by atoms with van der Waals surface area (Å²) in [7, 11) is 0. The summed E-state index contributed by atoms with van der Waals surface area (Å²) in [5.41, 5.74) is 11.0. The summed E-state index contributed by atoms with van der Waals surface area (Å²) in [6.45, 7) is -0.478. The largest absolute Gasteiger partial charge is 0.384 e. The molecule has 0 saturated heterocycles. The number of oxime groups is 1. The molecule has 12 nitrogen and oxygen atoms in total. The van der Waals surface area contributed by atoms with Crippen molar-refractivity contribution in [2.45, 2.75) is 0 Å². The number of carbonyl (C=O) groups excluding carboxylic acids is 1. The van der Waals surface area contributed by atoms with E-state index in [-0.39, 0.29) is 28.7 Å². The van der Waals surface area contributed by atoms with Crippen LogP contribution in [0.3, 0.4) is 0 Å². The van der Waals surface area contributed by atoms with Crippen LogP contribution in [0.25, 0.3) is 0 Å². The van der Waals surface area contributed by atoms with Gasteiger partial charge >= 0.3 is 0 Å². The van der Waals surface area contributed by atoms with Gasteiger partial charge in [-0.05, 0) is 16.4 Å². The van der Waals surface area contributed by atoms with Gasteiger partial charge in [0.2, 0.25) is 0 Å². The van der Waals surface area contributed by atoms with Gasteiger partial charge < -0.3 is 21.6 Å². The van der Waals surface area contributed by atoms with E-state index in [2.05, 4.69) is 25.4 Å². The minimum absolute atomic E-state index is 0.0101. The zero-order chi connectivity index (χ0) is 16.8. The molecule has 0 atom stereocenters. The lowest BCUT2D eigenvalue weighted by Crippen LogP contribution is -2.20. The van der Waals surface area contributed by atoms with Gasteiger partial charge in [0.25, 0.3) is 11.6 Å². The van der Waals surface area contributed by atoms with E-state index < -0.39 is 17.4 Å². The Morgan fingerprint density at radius 3 is 2.91 bits per heavy atom. The van der Waals surface area contributed by atoms with Crippen molar-refractivity contribution in [3.63, 3.8) is 0 Å². The maximum atomic E-state index is 11.6. The number of non-ortho nitro benzene ring substituents is 1. The van der Waals surface area contributed by atoms with Gasteiger partial charge in [0.05, 0.1) is 4.92 Å². The Bertz CT molecular complexity index is 757. The molecule has 0 fully saturated rings. The SMILES string of the molecule is NC(=NOCC(=O)Nc1cccc([N+](=O)[O-])c1)c1nonc1N. The molecule has 0 aliphatic rings. The third-order valence-corrected chi connectivity index (χ3v) is 2.46. The molecule has 2 rings (SSSR count). The summed E-state index contributed by atoms with van der Waals surface area (Å²) in [5.74, 6) is -0.879. The number of nitrogens with zero attached hydrogens (tertiary/aromatic N) is 4. The summed E-state index contributed by atoms with van der Waals surface area (Å²) in [5, 5.41) is 23.2. The van der Waals surface area contributed by atoms with Gasteiger partial charge in [0.15, 0.2) is 24.0 Å². The van der Waals surface area contributed by atoms with Gasteiger partial charge in [0.1, 0.15) is 0 Å². The van der Waals surface area contributed by atoms with Crippen molar-refractivity contribution < 1.29 is 19.2 Å². The van der Waals surface area contributed by atoms with Gasteiger partial charge in [0, 0.05) is 17.8 Å². The van der Waals surface area contributed by atoms with E-state index in [0.29, 0.717) is 0 Å². The van der Waals surface area contributed by atoms with Crippen LogP contribution >= 0.6 is 0 Å². The average Bonchev–Trinajstić information content (AvgIpc) is 2.93. The van der Waals surface area contributed by atoms with Crippen LogP contribution in [0.1, 0.15) is 5.69 Å². The quantitative estimate of drug-likeness (QED) is 0.281. The predicted octanol–water partition coefficient (Wildman–Crippen LogP) is -0.164. The van der Waals surface area contributed by atoms with Crippen LogP contribution in [0.2, 0.25) is 0 Å². The number of nitrogens with two attached hydrogens (primary N) is 2. The lowest BCUT2D eigenvalue weighted by atomic mass is 10.3. The molecule has 1 amide bonds. The van der Waals surface area contributed by atoms with E-state index in [1.165, 1.54) is 24.3 Å². The number of hydrogen-bond acceptors (Lipinski definition) is 9. The van der Waals surface area contributed by atoms with Crippen LogP contribution in [0.15, 0.2) is 34.1 Å². The maximum absolute atomic E-state index is 11.6. The van der Waals surface area contributed by atoms with Crippen LogP contribution in [-0.4, -0.2) is 33.6 Å². The molecule has 5 N–H and O–H groups in total. The van der Waals surface area contributed by atoms with E-state index >= 15 is 0 Å². The molecular formula is C11H11N7O5. The number of nitro benzene ring substituents is 1. The van der Waals surface area contributed by atoms with Crippen LogP contribution in [0.4, 0.5) is 17.2 Å². The highest BCUT2D eigenvalue weighted by molar-refractivity contribution is 5.98. The van der Waals surface area contributed by atoms with Crippen molar-refractivity contribution in [2.75, 3.05) is 17.7 Å². The first-order chi connectivity index (χ1) is 11.0. The molecule has 2 aromatic rings. The molecule has 0 unspecified atom stereocenters. The Morgan fingerprint density at radius 2 is 2.26 bits per heavy atom. The summed E-state index contributed by atoms with van der Waals surface area (Å²) < 4.78 is 4.33. The van der Waals surface area contributed by atoms with Gasteiger partial charge in [-0.15, -0.1) is 0 Å². The summed E-state index contributed by atoms with van der Waals surface area (Å²) >= 11 is 0. The van der Waals surface area contributed by atoms with Crippen molar-refractivity contribution in [2.24, 2.45) is 10.9 Å². The first-order valence-corrected chi connectivity index (χ1v) is 6.05. The molecule has 1 heterocycles. The molecule has 120 valence electrons. The van der Waals surface area contributed by atoms with Gasteiger partial charge in [-0.2, -0.15) is 0 Å². The number of benzene rings is 1. The van der Waals surface area contributed by atoms with Crippen LogP contribution in [-0.2, 0) is 9.63 Å². The minimum Gasteiger partial charge on any atom is -0.384 e. The minimum atomic E-state index is -0.590. The number of anilines is 2. The van der Waals surface area contributed by atoms with E-state index in [1.807, 2.05) is 0 Å². The second-order valence-corrected chi connectivity index (χ2v) is 4.10. The number of nitrogens with one attached hydrogen (secondary N) is 1. The third-order valence-electron chi connectivity index (χ3n) is 2.46. The molecule has 1 aromatic carbocycles. The van der Waals surface area contributed by atoms with Gasteiger partial charge in [-0.3, -0.25) is 14.9 Å². The van der Waals surface area contributed by atoms with E-state index in [0.717, 1.165) is 0 Å². The smallest absolute Gasteiger partial charge is 0.271 e. The highest BCUT2D eigenvalue weighted by Crippen LogP contribution is 2.16. The van der Waals surface area contributed by atoms with Gasteiger partial charge in [-0.25, -0.2) is 4.63 Å². The molecule has 0 spiro atoms. The van der Waals surface area contributed by atoms with Crippen LogP contribution < -0.4 is 16.8 Å². The number of amidine groups is 1. The van der Waals surface area contributed by atoms with Crippen molar-refractivity contribution in [1.82, 2.24) is 10.3 Å². The lowest BCUT2D eigenvalue weighted by Gasteiger charge is -2.04. The number of carbonyl (C=O) groups is 1.